The highest BCUT2D eigenvalue weighted by Gasteiger charge is 2.05. The maximum Gasteiger partial charge on any atom is 0.221 e. The molecule has 0 radical (unpaired) electrons. The van der Waals surface area contributed by atoms with Crippen LogP contribution in [0.25, 0.3) is 11.1 Å². The molecule has 0 atom stereocenters. The van der Waals surface area contributed by atoms with Crippen LogP contribution in [-0.4, -0.2) is 9.97 Å². The molecule has 0 saturated heterocycles. The summed E-state index contributed by atoms with van der Waals surface area (Å²) in [5, 5.41) is 0. The first kappa shape index (κ1) is 13.1. The Balaban J connectivity index is 1.90. The van der Waals surface area contributed by atoms with Crippen LogP contribution in [0, 0.1) is 0 Å². The number of rotatable bonds is 3. The van der Waals surface area contributed by atoms with Crippen molar-refractivity contribution in [1.82, 2.24) is 9.97 Å². The monoisotopic (exact) mass is 276 g/mol. The third-order valence-corrected chi connectivity index (χ3v) is 3.35. The molecule has 0 aliphatic heterocycles. The summed E-state index contributed by atoms with van der Waals surface area (Å²) < 4.78 is 0. The van der Waals surface area contributed by atoms with E-state index in [9.17, 15) is 0 Å². The predicted octanol–water partition coefficient (Wildman–Crippen LogP) is 2.90. The molecule has 1 heterocycles. The molecular weight excluding hydrogens is 260 g/mol. The number of benzene rings is 2. The number of nitrogens with zero attached hydrogens (tertiary/aromatic N) is 2. The van der Waals surface area contributed by atoms with Crippen molar-refractivity contribution in [2.24, 2.45) is 0 Å². The number of anilines is 2. The number of nitrogen functional groups attached to an aromatic ring is 2. The lowest BCUT2D eigenvalue weighted by Crippen LogP contribution is -2.04. The van der Waals surface area contributed by atoms with Crippen molar-refractivity contribution in [3.8, 4) is 11.1 Å². The van der Waals surface area contributed by atoms with Gasteiger partial charge in [-0.1, -0.05) is 54.6 Å². The average molecular weight is 276 g/mol. The van der Waals surface area contributed by atoms with Crippen LogP contribution < -0.4 is 11.5 Å². The molecule has 0 fully saturated rings. The number of nitrogens with two attached hydrogens (primary N) is 2. The minimum absolute atomic E-state index is 0.203. The van der Waals surface area contributed by atoms with E-state index in [1.165, 1.54) is 11.1 Å². The highest BCUT2D eigenvalue weighted by atomic mass is 15.0. The fraction of sp³-hybridized carbons (Fsp3) is 0.0588. The zero-order valence-corrected chi connectivity index (χ0v) is 11.5. The third-order valence-electron chi connectivity index (χ3n) is 3.35. The summed E-state index contributed by atoms with van der Waals surface area (Å²) in [7, 11) is 0. The van der Waals surface area contributed by atoms with Gasteiger partial charge in [0.2, 0.25) is 5.95 Å². The maximum atomic E-state index is 5.89. The van der Waals surface area contributed by atoms with Gasteiger partial charge in [0.1, 0.15) is 5.82 Å². The second-order valence-electron chi connectivity index (χ2n) is 4.88. The van der Waals surface area contributed by atoms with Gasteiger partial charge in [-0.05, 0) is 16.7 Å². The lowest BCUT2D eigenvalue weighted by molar-refractivity contribution is 1.09. The van der Waals surface area contributed by atoms with Gasteiger partial charge in [-0.2, -0.15) is 4.98 Å². The first-order valence-electron chi connectivity index (χ1n) is 6.73. The summed E-state index contributed by atoms with van der Waals surface area (Å²) in [4.78, 5) is 8.00. The van der Waals surface area contributed by atoms with Crippen LogP contribution in [0.15, 0.2) is 60.8 Å². The Morgan fingerprint density at radius 3 is 2.38 bits per heavy atom. The molecule has 0 aliphatic rings. The Hall–Kier alpha value is -2.88. The SMILES string of the molecule is Nc1ncc(Cc2cccc(-c3ccccc3)c2)c(N)n1. The van der Waals surface area contributed by atoms with Gasteiger partial charge in [-0.25, -0.2) is 4.98 Å². The van der Waals surface area contributed by atoms with Gasteiger partial charge in [0, 0.05) is 18.2 Å². The lowest BCUT2D eigenvalue weighted by atomic mass is 10.00. The van der Waals surface area contributed by atoms with Crippen molar-refractivity contribution in [2.45, 2.75) is 6.42 Å². The molecule has 3 aromatic rings. The second-order valence-corrected chi connectivity index (χ2v) is 4.88. The van der Waals surface area contributed by atoms with Crippen LogP contribution >= 0.6 is 0 Å². The first-order valence-corrected chi connectivity index (χ1v) is 6.73. The highest BCUT2D eigenvalue weighted by molar-refractivity contribution is 5.64. The summed E-state index contributed by atoms with van der Waals surface area (Å²) in [6.45, 7) is 0. The first-order chi connectivity index (χ1) is 10.2. The van der Waals surface area contributed by atoms with Gasteiger partial charge >= 0.3 is 0 Å². The normalized spacial score (nSPS) is 10.5. The Kier molecular flexibility index (Phi) is 3.51. The van der Waals surface area contributed by atoms with Crippen molar-refractivity contribution < 1.29 is 0 Å². The minimum atomic E-state index is 0.203. The van der Waals surface area contributed by atoms with Gasteiger partial charge in [0.15, 0.2) is 0 Å². The highest BCUT2D eigenvalue weighted by Crippen LogP contribution is 2.22. The molecule has 1 aromatic heterocycles. The Morgan fingerprint density at radius 1 is 0.857 bits per heavy atom. The molecule has 104 valence electrons. The standard InChI is InChI=1S/C17H16N4/c18-16-15(11-20-17(19)21-16)10-12-5-4-8-14(9-12)13-6-2-1-3-7-13/h1-9,11H,10H2,(H4,18,19,20,21). The molecule has 0 spiro atoms. The van der Waals surface area contributed by atoms with Gasteiger partial charge in [0.25, 0.3) is 0 Å². The number of aromatic nitrogens is 2. The molecule has 4 heteroatoms. The van der Waals surface area contributed by atoms with E-state index in [-0.39, 0.29) is 5.95 Å². The molecule has 0 aliphatic carbocycles. The Labute approximate surface area is 123 Å². The largest absolute Gasteiger partial charge is 0.383 e. The topological polar surface area (TPSA) is 77.8 Å². The van der Waals surface area contributed by atoms with Crippen LogP contribution in [0.5, 0.6) is 0 Å². The zero-order valence-electron chi connectivity index (χ0n) is 11.5. The van der Waals surface area contributed by atoms with Crippen molar-refractivity contribution in [3.63, 3.8) is 0 Å². The van der Waals surface area contributed by atoms with E-state index in [1.54, 1.807) is 6.20 Å². The molecule has 0 bridgehead atoms. The molecule has 4 N–H and O–H groups in total. The summed E-state index contributed by atoms with van der Waals surface area (Å²) in [6, 6.07) is 18.7. The van der Waals surface area contributed by atoms with Crippen LogP contribution in [0.1, 0.15) is 11.1 Å². The molecule has 2 aromatic carbocycles. The van der Waals surface area contributed by atoms with Gasteiger partial charge in [-0.15, -0.1) is 0 Å². The van der Waals surface area contributed by atoms with Crippen molar-refractivity contribution >= 4 is 11.8 Å². The third kappa shape index (κ3) is 3.00. The number of hydrogen-bond donors (Lipinski definition) is 2. The predicted molar refractivity (Wildman–Crippen MR) is 85.5 cm³/mol. The van der Waals surface area contributed by atoms with Crippen LogP contribution in [0.2, 0.25) is 0 Å². The number of hydrogen-bond acceptors (Lipinski definition) is 4. The summed E-state index contributed by atoms with van der Waals surface area (Å²) >= 11 is 0. The summed E-state index contributed by atoms with van der Waals surface area (Å²) in [5.41, 5.74) is 15.8. The van der Waals surface area contributed by atoms with Crippen molar-refractivity contribution in [1.29, 1.82) is 0 Å². The second kappa shape index (κ2) is 5.63. The maximum absolute atomic E-state index is 5.89. The van der Waals surface area contributed by atoms with Crippen molar-refractivity contribution in [2.75, 3.05) is 11.5 Å². The molecule has 0 unspecified atom stereocenters. The van der Waals surface area contributed by atoms with Gasteiger partial charge in [0.05, 0.1) is 0 Å². The molecule has 21 heavy (non-hydrogen) atoms. The Bertz CT molecular complexity index is 754. The average Bonchev–Trinajstić information content (AvgIpc) is 2.51. The van der Waals surface area contributed by atoms with E-state index in [4.69, 9.17) is 11.5 Å². The van der Waals surface area contributed by atoms with Gasteiger partial charge in [-0.3, -0.25) is 0 Å². The lowest BCUT2D eigenvalue weighted by Gasteiger charge is -2.07. The Morgan fingerprint density at radius 2 is 1.62 bits per heavy atom. The van der Waals surface area contributed by atoms with Crippen molar-refractivity contribution in [3.05, 3.63) is 71.9 Å². The summed E-state index contributed by atoms with van der Waals surface area (Å²) in [5.74, 6) is 0.641. The van der Waals surface area contributed by atoms with E-state index < -0.39 is 0 Å². The smallest absolute Gasteiger partial charge is 0.221 e. The van der Waals surface area contributed by atoms with Gasteiger partial charge < -0.3 is 11.5 Å². The molecule has 3 rings (SSSR count). The summed E-state index contributed by atoms with van der Waals surface area (Å²) in [6.07, 6.45) is 2.37. The molecule has 4 nitrogen and oxygen atoms in total. The van der Waals surface area contributed by atoms with Crippen LogP contribution in [0.4, 0.5) is 11.8 Å². The van der Waals surface area contributed by atoms with E-state index >= 15 is 0 Å². The fourth-order valence-electron chi connectivity index (χ4n) is 2.28. The molecule has 0 saturated carbocycles. The van der Waals surface area contributed by atoms with Crippen LogP contribution in [-0.2, 0) is 6.42 Å². The quantitative estimate of drug-likeness (QED) is 0.771. The van der Waals surface area contributed by atoms with E-state index in [0.717, 1.165) is 11.1 Å². The molecule has 0 amide bonds. The van der Waals surface area contributed by atoms with Crippen LogP contribution in [0.3, 0.4) is 0 Å². The van der Waals surface area contributed by atoms with E-state index in [2.05, 4.69) is 40.3 Å². The minimum Gasteiger partial charge on any atom is -0.383 e. The zero-order chi connectivity index (χ0) is 14.7. The van der Waals surface area contributed by atoms with E-state index in [1.807, 2.05) is 24.3 Å². The molecular formula is C17H16N4. The fourth-order valence-corrected chi connectivity index (χ4v) is 2.28. The van der Waals surface area contributed by atoms with E-state index in [0.29, 0.717) is 12.2 Å².